The van der Waals surface area contributed by atoms with E-state index in [0.717, 1.165) is 5.69 Å². The molecule has 0 spiro atoms. The fraction of sp³-hybridized carbons (Fsp3) is 0.125. The maximum Gasteiger partial charge on any atom is 0.196 e. The standard InChI is InChI=1S/C16H15NO3/c1-17(2)13-6-4-12(5-7-13)16(20)14-8-3-11(10-18)9-15(14)19/h3-10,19H,1-2H3. The molecule has 0 bridgehead atoms. The van der Waals surface area contributed by atoms with Crippen molar-refractivity contribution in [3.05, 3.63) is 59.2 Å². The third-order valence-corrected chi connectivity index (χ3v) is 3.05. The quantitative estimate of drug-likeness (QED) is 0.684. The summed E-state index contributed by atoms with van der Waals surface area (Å²) in [7, 11) is 3.83. The van der Waals surface area contributed by atoms with Crippen molar-refractivity contribution in [3.63, 3.8) is 0 Å². The molecule has 0 aliphatic carbocycles. The van der Waals surface area contributed by atoms with Crippen LogP contribution in [0, 0.1) is 0 Å². The number of phenolic OH excluding ortho intramolecular Hbond substituents is 1. The van der Waals surface area contributed by atoms with Crippen LogP contribution in [0.4, 0.5) is 5.69 Å². The van der Waals surface area contributed by atoms with Gasteiger partial charge in [0.15, 0.2) is 5.78 Å². The van der Waals surface area contributed by atoms with Gasteiger partial charge in [0.1, 0.15) is 12.0 Å². The van der Waals surface area contributed by atoms with Crippen LogP contribution in [-0.2, 0) is 0 Å². The van der Waals surface area contributed by atoms with E-state index in [1.54, 1.807) is 12.1 Å². The molecule has 0 unspecified atom stereocenters. The second-order valence-electron chi connectivity index (χ2n) is 4.66. The van der Waals surface area contributed by atoms with Gasteiger partial charge in [0.2, 0.25) is 0 Å². The lowest BCUT2D eigenvalue weighted by Gasteiger charge is -2.12. The summed E-state index contributed by atoms with van der Waals surface area (Å²) in [6.45, 7) is 0. The Hall–Kier alpha value is -2.62. The summed E-state index contributed by atoms with van der Waals surface area (Å²) in [4.78, 5) is 24.8. The Morgan fingerprint density at radius 1 is 1.10 bits per heavy atom. The molecule has 0 radical (unpaired) electrons. The lowest BCUT2D eigenvalue weighted by atomic mass is 10.0. The Balaban J connectivity index is 2.33. The molecule has 0 aliphatic rings. The summed E-state index contributed by atoms with van der Waals surface area (Å²) in [5.74, 6) is -0.457. The molecule has 0 atom stereocenters. The van der Waals surface area contributed by atoms with Gasteiger partial charge < -0.3 is 10.0 Å². The number of ketones is 1. The van der Waals surface area contributed by atoms with Crippen LogP contribution in [0.1, 0.15) is 26.3 Å². The van der Waals surface area contributed by atoms with Gasteiger partial charge in [-0.2, -0.15) is 0 Å². The average molecular weight is 269 g/mol. The van der Waals surface area contributed by atoms with Crippen LogP contribution < -0.4 is 4.90 Å². The highest BCUT2D eigenvalue weighted by molar-refractivity contribution is 6.11. The number of aromatic hydroxyl groups is 1. The van der Waals surface area contributed by atoms with Crippen molar-refractivity contribution in [2.45, 2.75) is 0 Å². The van der Waals surface area contributed by atoms with Gasteiger partial charge in [-0.25, -0.2) is 0 Å². The molecule has 0 aliphatic heterocycles. The molecule has 0 saturated heterocycles. The first kappa shape index (κ1) is 13.8. The summed E-state index contributed by atoms with van der Waals surface area (Å²) in [6.07, 6.45) is 0.625. The molecule has 0 saturated carbocycles. The molecule has 2 aromatic carbocycles. The molecular formula is C16H15NO3. The van der Waals surface area contributed by atoms with Gasteiger partial charge in [0, 0.05) is 30.9 Å². The smallest absolute Gasteiger partial charge is 0.196 e. The number of benzene rings is 2. The number of phenols is 1. The number of nitrogens with zero attached hydrogens (tertiary/aromatic N) is 1. The van der Waals surface area contributed by atoms with Crippen LogP contribution in [0.5, 0.6) is 5.75 Å². The highest BCUT2D eigenvalue weighted by atomic mass is 16.3. The summed E-state index contributed by atoms with van der Waals surface area (Å²) in [6, 6.07) is 11.4. The first-order chi connectivity index (χ1) is 9.52. The Morgan fingerprint density at radius 3 is 2.25 bits per heavy atom. The molecule has 102 valence electrons. The number of carbonyl (C=O) groups is 2. The van der Waals surface area contributed by atoms with Crippen molar-refractivity contribution in [1.82, 2.24) is 0 Å². The van der Waals surface area contributed by atoms with E-state index in [1.165, 1.54) is 18.2 Å². The minimum atomic E-state index is -0.273. The van der Waals surface area contributed by atoms with Gasteiger partial charge in [0.05, 0.1) is 5.56 Å². The van der Waals surface area contributed by atoms with E-state index < -0.39 is 0 Å². The van der Waals surface area contributed by atoms with E-state index >= 15 is 0 Å². The van der Waals surface area contributed by atoms with Gasteiger partial charge in [-0.1, -0.05) is 6.07 Å². The van der Waals surface area contributed by atoms with Gasteiger partial charge in [0.25, 0.3) is 0 Å². The van der Waals surface area contributed by atoms with Crippen LogP contribution in [0.2, 0.25) is 0 Å². The highest BCUT2D eigenvalue weighted by Gasteiger charge is 2.14. The van der Waals surface area contributed by atoms with Gasteiger partial charge in [-0.05, 0) is 36.4 Å². The summed E-state index contributed by atoms with van der Waals surface area (Å²) >= 11 is 0. The van der Waals surface area contributed by atoms with Crippen molar-refractivity contribution in [2.24, 2.45) is 0 Å². The maximum atomic E-state index is 12.3. The molecule has 0 aromatic heterocycles. The normalized spacial score (nSPS) is 10.1. The van der Waals surface area contributed by atoms with Crippen LogP contribution in [0.25, 0.3) is 0 Å². The summed E-state index contributed by atoms with van der Waals surface area (Å²) in [5.41, 5.74) is 2.00. The number of hydrogen-bond acceptors (Lipinski definition) is 4. The van der Waals surface area contributed by atoms with Gasteiger partial charge in [-0.15, -0.1) is 0 Å². The van der Waals surface area contributed by atoms with Crippen LogP contribution >= 0.6 is 0 Å². The van der Waals surface area contributed by atoms with Crippen molar-refractivity contribution in [2.75, 3.05) is 19.0 Å². The summed E-state index contributed by atoms with van der Waals surface area (Å²) in [5, 5.41) is 9.81. The Bertz CT molecular complexity index is 645. The molecule has 4 heteroatoms. The topological polar surface area (TPSA) is 57.6 Å². The average Bonchev–Trinajstić information content (AvgIpc) is 2.46. The molecule has 20 heavy (non-hydrogen) atoms. The fourth-order valence-corrected chi connectivity index (χ4v) is 1.88. The van der Waals surface area contributed by atoms with Crippen molar-refractivity contribution < 1.29 is 14.7 Å². The van der Waals surface area contributed by atoms with E-state index in [-0.39, 0.29) is 17.1 Å². The predicted octanol–water partition coefficient (Wildman–Crippen LogP) is 2.50. The van der Waals surface area contributed by atoms with E-state index in [1.807, 2.05) is 31.1 Å². The lowest BCUT2D eigenvalue weighted by molar-refractivity contribution is 0.103. The zero-order chi connectivity index (χ0) is 14.7. The second kappa shape index (κ2) is 5.57. The lowest BCUT2D eigenvalue weighted by Crippen LogP contribution is -2.09. The van der Waals surface area contributed by atoms with Crippen molar-refractivity contribution in [1.29, 1.82) is 0 Å². The van der Waals surface area contributed by atoms with E-state index in [2.05, 4.69) is 0 Å². The largest absolute Gasteiger partial charge is 0.507 e. The first-order valence-corrected chi connectivity index (χ1v) is 6.13. The van der Waals surface area contributed by atoms with Crippen LogP contribution in [0.15, 0.2) is 42.5 Å². The van der Waals surface area contributed by atoms with E-state index in [9.17, 15) is 14.7 Å². The van der Waals surface area contributed by atoms with E-state index in [0.29, 0.717) is 17.4 Å². The molecular weight excluding hydrogens is 254 g/mol. The third-order valence-electron chi connectivity index (χ3n) is 3.05. The van der Waals surface area contributed by atoms with Crippen LogP contribution in [-0.4, -0.2) is 31.3 Å². The minimum Gasteiger partial charge on any atom is -0.507 e. The molecule has 0 fully saturated rings. The number of rotatable bonds is 4. The first-order valence-electron chi connectivity index (χ1n) is 6.13. The Morgan fingerprint density at radius 2 is 1.75 bits per heavy atom. The fourth-order valence-electron chi connectivity index (χ4n) is 1.88. The molecule has 0 heterocycles. The van der Waals surface area contributed by atoms with Crippen molar-refractivity contribution >= 4 is 17.8 Å². The summed E-state index contributed by atoms with van der Waals surface area (Å²) < 4.78 is 0. The molecule has 4 nitrogen and oxygen atoms in total. The zero-order valence-corrected chi connectivity index (χ0v) is 11.3. The highest BCUT2D eigenvalue weighted by Crippen LogP contribution is 2.22. The Labute approximate surface area is 117 Å². The minimum absolute atomic E-state index is 0.184. The van der Waals surface area contributed by atoms with Gasteiger partial charge in [-0.3, -0.25) is 9.59 Å². The number of anilines is 1. The third kappa shape index (κ3) is 2.69. The van der Waals surface area contributed by atoms with E-state index in [4.69, 9.17) is 0 Å². The van der Waals surface area contributed by atoms with Crippen LogP contribution in [0.3, 0.4) is 0 Å². The maximum absolute atomic E-state index is 12.3. The monoisotopic (exact) mass is 269 g/mol. The predicted molar refractivity (Wildman–Crippen MR) is 77.7 cm³/mol. The zero-order valence-electron chi connectivity index (χ0n) is 11.3. The second-order valence-corrected chi connectivity index (χ2v) is 4.66. The molecule has 2 aromatic rings. The molecule has 1 N–H and O–H groups in total. The number of carbonyl (C=O) groups excluding carboxylic acids is 2. The Kier molecular flexibility index (Phi) is 3.84. The van der Waals surface area contributed by atoms with Crippen molar-refractivity contribution in [3.8, 4) is 5.75 Å². The molecule has 0 amide bonds. The number of hydrogen-bond donors (Lipinski definition) is 1. The number of aldehydes is 1. The SMILES string of the molecule is CN(C)c1ccc(C(=O)c2ccc(C=O)cc2O)cc1. The van der Waals surface area contributed by atoms with Gasteiger partial charge >= 0.3 is 0 Å². The molecule has 2 rings (SSSR count).